The minimum Gasteiger partial charge on any atom is -0.494 e. The summed E-state index contributed by atoms with van der Waals surface area (Å²) >= 11 is 0. The van der Waals surface area contributed by atoms with Crippen LogP contribution in [-0.4, -0.2) is 22.8 Å². The second kappa shape index (κ2) is 4.82. The van der Waals surface area contributed by atoms with Crippen molar-refractivity contribution in [1.82, 2.24) is 9.97 Å². The van der Waals surface area contributed by atoms with E-state index in [-0.39, 0.29) is 0 Å². The Morgan fingerprint density at radius 3 is 2.88 bits per heavy atom. The van der Waals surface area contributed by atoms with Crippen LogP contribution in [0.15, 0.2) is 35.7 Å². The molecule has 0 amide bonds. The standard InChI is InChI=1S/C13H15N3O/c1-9-4-5-13(17-3)11(6-9)16-10(2)12-7-14-8-15-12/h4-8H,1-3H3,(H,14,15)/b16-10+. The lowest BCUT2D eigenvalue weighted by atomic mass is 10.2. The molecule has 0 saturated carbocycles. The van der Waals surface area contributed by atoms with Crippen LogP contribution < -0.4 is 4.74 Å². The van der Waals surface area contributed by atoms with Crippen molar-refractivity contribution in [3.8, 4) is 5.75 Å². The maximum absolute atomic E-state index is 5.28. The zero-order valence-electron chi connectivity index (χ0n) is 10.2. The highest BCUT2D eigenvalue weighted by Gasteiger charge is 2.04. The number of aromatic amines is 1. The van der Waals surface area contributed by atoms with Gasteiger partial charge in [0.15, 0.2) is 0 Å². The topological polar surface area (TPSA) is 50.3 Å². The smallest absolute Gasteiger partial charge is 0.144 e. The Hall–Kier alpha value is -2.10. The highest BCUT2D eigenvalue weighted by Crippen LogP contribution is 2.28. The van der Waals surface area contributed by atoms with Crippen LogP contribution >= 0.6 is 0 Å². The van der Waals surface area contributed by atoms with Crippen LogP contribution in [0.1, 0.15) is 18.2 Å². The first-order valence-electron chi connectivity index (χ1n) is 5.40. The number of nitrogens with one attached hydrogen (secondary N) is 1. The van der Waals surface area contributed by atoms with Gasteiger partial charge >= 0.3 is 0 Å². The zero-order chi connectivity index (χ0) is 12.3. The lowest BCUT2D eigenvalue weighted by Crippen LogP contribution is -1.94. The lowest BCUT2D eigenvalue weighted by Gasteiger charge is -2.06. The van der Waals surface area contributed by atoms with E-state index in [1.807, 2.05) is 38.2 Å². The van der Waals surface area contributed by atoms with E-state index in [1.165, 1.54) is 0 Å². The quantitative estimate of drug-likeness (QED) is 0.823. The third-order valence-electron chi connectivity index (χ3n) is 2.49. The van der Waals surface area contributed by atoms with E-state index in [0.29, 0.717) is 0 Å². The van der Waals surface area contributed by atoms with E-state index in [9.17, 15) is 0 Å². The van der Waals surface area contributed by atoms with Crippen LogP contribution in [0.3, 0.4) is 0 Å². The van der Waals surface area contributed by atoms with E-state index in [4.69, 9.17) is 4.74 Å². The molecule has 0 unspecified atom stereocenters. The summed E-state index contributed by atoms with van der Waals surface area (Å²) in [5.41, 5.74) is 3.68. The molecule has 4 heteroatoms. The normalized spacial score (nSPS) is 11.6. The number of hydrogen-bond acceptors (Lipinski definition) is 3. The van der Waals surface area contributed by atoms with Gasteiger partial charge in [-0.15, -0.1) is 0 Å². The number of hydrogen-bond donors (Lipinski definition) is 1. The molecule has 2 rings (SSSR count). The zero-order valence-corrected chi connectivity index (χ0v) is 10.2. The molecule has 1 N–H and O–H groups in total. The van der Waals surface area contributed by atoms with E-state index < -0.39 is 0 Å². The summed E-state index contributed by atoms with van der Waals surface area (Å²) in [5, 5.41) is 0. The number of ether oxygens (including phenoxy) is 1. The van der Waals surface area contributed by atoms with Crippen molar-refractivity contribution in [2.75, 3.05) is 7.11 Å². The molecule has 0 atom stereocenters. The first kappa shape index (κ1) is 11.4. The number of aliphatic imine (C=N–C) groups is 1. The lowest BCUT2D eigenvalue weighted by molar-refractivity contribution is 0.416. The van der Waals surface area contributed by atoms with E-state index >= 15 is 0 Å². The molecule has 17 heavy (non-hydrogen) atoms. The summed E-state index contributed by atoms with van der Waals surface area (Å²) in [6.07, 6.45) is 3.46. The fourth-order valence-corrected chi connectivity index (χ4v) is 1.58. The highest BCUT2D eigenvalue weighted by atomic mass is 16.5. The minimum absolute atomic E-state index is 0.769. The molecule has 0 aliphatic heterocycles. The summed E-state index contributed by atoms with van der Waals surface area (Å²) in [7, 11) is 1.65. The van der Waals surface area contributed by atoms with Gasteiger partial charge in [0.1, 0.15) is 17.1 Å². The molecular formula is C13H15N3O. The van der Waals surface area contributed by atoms with E-state index in [1.54, 1.807) is 13.4 Å². The van der Waals surface area contributed by atoms with Gasteiger partial charge in [0.2, 0.25) is 0 Å². The van der Waals surface area contributed by atoms with Crippen molar-refractivity contribution in [2.45, 2.75) is 13.8 Å². The number of benzene rings is 1. The number of aryl methyl sites for hydroxylation is 1. The molecular weight excluding hydrogens is 214 g/mol. The fourth-order valence-electron chi connectivity index (χ4n) is 1.58. The summed E-state index contributed by atoms with van der Waals surface area (Å²) in [5.74, 6) is 0.769. The van der Waals surface area contributed by atoms with Gasteiger partial charge in [-0.05, 0) is 31.5 Å². The van der Waals surface area contributed by atoms with Gasteiger partial charge in [0.25, 0.3) is 0 Å². The Bertz CT molecular complexity index is 530. The molecule has 0 fully saturated rings. The molecule has 0 aliphatic rings. The second-order valence-electron chi connectivity index (χ2n) is 3.83. The number of methoxy groups -OCH3 is 1. The Morgan fingerprint density at radius 1 is 1.41 bits per heavy atom. The van der Waals surface area contributed by atoms with Crippen molar-refractivity contribution in [3.63, 3.8) is 0 Å². The molecule has 4 nitrogen and oxygen atoms in total. The van der Waals surface area contributed by atoms with Crippen LogP contribution in [0.2, 0.25) is 0 Å². The summed E-state index contributed by atoms with van der Waals surface area (Å²) in [4.78, 5) is 11.6. The number of nitrogens with zero attached hydrogens (tertiary/aromatic N) is 2. The third-order valence-corrected chi connectivity index (χ3v) is 2.49. The van der Waals surface area contributed by atoms with Crippen molar-refractivity contribution in [2.24, 2.45) is 4.99 Å². The molecule has 1 aromatic heterocycles. The Labute approximate surface area is 100 Å². The Kier molecular flexibility index (Phi) is 3.23. The van der Waals surface area contributed by atoms with Crippen molar-refractivity contribution < 1.29 is 4.74 Å². The number of aromatic nitrogens is 2. The number of rotatable bonds is 3. The van der Waals surface area contributed by atoms with E-state index in [2.05, 4.69) is 15.0 Å². The van der Waals surface area contributed by atoms with Crippen molar-refractivity contribution in [1.29, 1.82) is 0 Å². The van der Waals surface area contributed by atoms with Crippen LogP contribution in [0.5, 0.6) is 5.75 Å². The van der Waals surface area contributed by atoms with Gasteiger partial charge in [-0.25, -0.2) is 9.98 Å². The van der Waals surface area contributed by atoms with Gasteiger partial charge in [-0.2, -0.15) is 0 Å². The molecule has 0 saturated heterocycles. The Balaban J connectivity index is 2.41. The average molecular weight is 229 g/mol. The first-order chi connectivity index (χ1) is 8.20. The summed E-state index contributed by atoms with van der Waals surface area (Å²) in [6.45, 7) is 3.96. The van der Waals surface area contributed by atoms with Crippen LogP contribution in [0.25, 0.3) is 0 Å². The summed E-state index contributed by atoms with van der Waals surface area (Å²) in [6, 6.07) is 5.92. The number of imidazole rings is 1. The minimum atomic E-state index is 0.769. The molecule has 0 radical (unpaired) electrons. The second-order valence-corrected chi connectivity index (χ2v) is 3.83. The van der Waals surface area contributed by atoms with Crippen molar-refractivity contribution >= 4 is 11.4 Å². The van der Waals surface area contributed by atoms with Gasteiger partial charge in [0, 0.05) is 6.20 Å². The van der Waals surface area contributed by atoms with Gasteiger partial charge in [0.05, 0.1) is 19.1 Å². The molecule has 1 aromatic carbocycles. The molecule has 0 spiro atoms. The van der Waals surface area contributed by atoms with Gasteiger partial charge < -0.3 is 9.72 Å². The fraction of sp³-hybridized carbons (Fsp3) is 0.231. The molecule has 2 aromatic rings. The molecule has 1 heterocycles. The molecule has 88 valence electrons. The number of H-pyrrole nitrogens is 1. The van der Waals surface area contributed by atoms with E-state index in [0.717, 1.165) is 28.4 Å². The van der Waals surface area contributed by atoms with Crippen LogP contribution in [0, 0.1) is 6.92 Å². The van der Waals surface area contributed by atoms with Crippen LogP contribution in [-0.2, 0) is 0 Å². The average Bonchev–Trinajstić information content (AvgIpc) is 2.83. The Morgan fingerprint density at radius 2 is 2.24 bits per heavy atom. The molecule has 0 bridgehead atoms. The first-order valence-corrected chi connectivity index (χ1v) is 5.40. The van der Waals surface area contributed by atoms with Crippen molar-refractivity contribution in [3.05, 3.63) is 42.0 Å². The monoisotopic (exact) mass is 229 g/mol. The van der Waals surface area contributed by atoms with Gasteiger partial charge in [-0.3, -0.25) is 0 Å². The third kappa shape index (κ3) is 2.53. The maximum Gasteiger partial charge on any atom is 0.144 e. The maximum atomic E-state index is 5.28. The summed E-state index contributed by atoms with van der Waals surface area (Å²) < 4.78 is 5.28. The van der Waals surface area contributed by atoms with Crippen LogP contribution in [0.4, 0.5) is 5.69 Å². The van der Waals surface area contributed by atoms with Gasteiger partial charge in [-0.1, -0.05) is 6.07 Å². The largest absolute Gasteiger partial charge is 0.494 e. The predicted molar refractivity (Wildman–Crippen MR) is 68.2 cm³/mol. The predicted octanol–water partition coefficient (Wildman–Crippen LogP) is 2.87. The molecule has 0 aliphatic carbocycles. The SMILES string of the molecule is COc1ccc(C)cc1/N=C(\C)c1c[nH]cn1. The highest BCUT2D eigenvalue weighted by molar-refractivity contribution is 5.98.